The minimum absolute atomic E-state index is 0.127. The highest BCUT2D eigenvalue weighted by Crippen LogP contribution is 2.27. The number of hydrogen-bond acceptors (Lipinski definition) is 4. The van der Waals surface area contributed by atoms with E-state index in [0.717, 1.165) is 23.0 Å². The zero-order chi connectivity index (χ0) is 16.2. The molecule has 0 aromatic heterocycles. The standard InChI is InChI=1S/C16H18BrN3O2S/c17-10-5-7-12(8-6-10)18-14(21)9-13-15(22)20-16(23-13)19-11-3-1-2-4-11/h5-8,11,13H,1-4,9H2,(H,18,21)(H,19,20,22)/t13-/m1/s1. The summed E-state index contributed by atoms with van der Waals surface area (Å²) >= 11 is 4.72. The molecule has 0 bridgehead atoms. The van der Waals surface area contributed by atoms with E-state index in [9.17, 15) is 9.59 Å². The molecule has 3 rings (SSSR count). The van der Waals surface area contributed by atoms with Gasteiger partial charge in [-0.3, -0.25) is 14.6 Å². The number of amides is 2. The van der Waals surface area contributed by atoms with Gasteiger partial charge in [0.25, 0.3) is 0 Å². The summed E-state index contributed by atoms with van der Waals surface area (Å²) in [5.41, 5.74) is 0.724. The molecule has 1 aliphatic carbocycles. The lowest BCUT2D eigenvalue weighted by atomic mass is 10.2. The van der Waals surface area contributed by atoms with Gasteiger partial charge in [0.2, 0.25) is 11.8 Å². The first kappa shape index (κ1) is 16.5. The zero-order valence-corrected chi connectivity index (χ0v) is 15.0. The van der Waals surface area contributed by atoms with E-state index in [-0.39, 0.29) is 18.2 Å². The maximum absolute atomic E-state index is 12.1. The van der Waals surface area contributed by atoms with E-state index in [1.807, 2.05) is 24.3 Å². The molecule has 2 N–H and O–H groups in total. The number of rotatable bonds is 4. The van der Waals surface area contributed by atoms with Gasteiger partial charge in [0.15, 0.2) is 5.17 Å². The maximum Gasteiger partial charge on any atom is 0.240 e. The van der Waals surface area contributed by atoms with Crippen molar-refractivity contribution in [3.05, 3.63) is 28.7 Å². The third-order valence-electron chi connectivity index (χ3n) is 3.90. The van der Waals surface area contributed by atoms with Crippen LogP contribution in [-0.2, 0) is 9.59 Å². The lowest BCUT2D eigenvalue weighted by Crippen LogP contribution is -2.28. The van der Waals surface area contributed by atoms with Gasteiger partial charge in [0.1, 0.15) is 5.25 Å². The maximum atomic E-state index is 12.1. The number of hydrogen-bond donors (Lipinski definition) is 2. The number of nitrogens with zero attached hydrogens (tertiary/aromatic N) is 1. The molecule has 2 fully saturated rings. The summed E-state index contributed by atoms with van der Waals surface area (Å²) in [4.78, 5) is 28.7. The van der Waals surface area contributed by atoms with Crippen molar-refractivity contribution < 1.29 is 9.59 Å². The van der Waals surface area contributed by atoms with Gasteiger partial charge in [-0.15, -0.1) is 0 Å². The number of thioether (sulfide) groups is 1. The van der Waals surface area contributed by atoms with Crippen molar-refractivity contribution in [2.75, 3.05) is 5.32 Å². The fourth-order valence-corrected chi connectivity index (χ4v) is 4.02. The Hall–Kier alpha value is -1.34. The predicted molar refractivity (Wildman–Crippen MR) is 96.6 cm³/mol. The van der Waals surface area contributed by atoms with Crippen LogP contribution in [0.5, 0.6) is 0 Å². The summed E-state index contributed by atoms with van der Waals surface area (Å²) in [6.07, 6.45) is 4.75. The summed E-state index contributed by atoms with van der Waals surface area (Å²) in [6.45, 7) is 0. The molecule has 1 saturated carbocycles. The summed E-state index contributed by atoms with van der Waals surface area (Å²) in [6, 6.07) is 7.68. The molecule has 0 radical (unpaired) electrons. The number of amidine groups is 1. The lowest BCUT2D eigenvalue weighted by molar-refractivity contribution is -0.122. The van der Waals surface area contributed by atoms with Crippen molar-refractivity contribution in [1.29, 1.82) is 0 Å². The average molecular weight is 396 g/mol. The van der Waals surface area contributed by atoms with E-state index in [4.69, 9.17) is 0 Å². The molecule has 1 aromatic carbocycles. The average Bonchev–Trinajstić information content (AvgIpc) is 3.12. The van der Waals surface area contributed by atoms with Crippen LogP contribution in [0.3, 0.4) is 0 Å². The molecule has 1 aromatic rings. The topological polar surface area (TPSA) is 70.6 Å². The highest BCUT2D eigenvalue weighted by atomic mass is 79.9. The molecule has 23 heavy (non-hydrogen) atoms. The third kappa shape index (κ3) is 4.57. The Balaban J connectivity index is 1.54. The van der Waals surface area contributed by atoms with Crippen molar-refractivity contribution in [3.63, 3.8) is 0 Å². The molecule has 1 atom stereocenters. The molecule has 1 saturated heterocycles. The van der Waals surface area contributed by atoms with E-state index in [2.05, 4.69) is 31.6 Å². The summed E-state index contributed by atoms with van der Waals surface area (Å²) in [5.74, 6) is -0.292. The van der Waals surface area contributed by atoms with E-state index in [1.165, 1.54) is 24.6 Å². The van der Waals surface area contributed by atoms with Crippen LogP contribution >= 0.6 is 27.7 Å². The van der Waals surface area contributed by atoms with Crippen molar-refractivity contribution in [1.82, 2.24) is 5.32 Å². The Bertz CT molecular complexity index is 627. The quantitative estimate of drug-likeness (QED) is 0.821. The predicted octanol–water partition coefficient (Wildman–Crippen LogP) is 3.31. The number of aliphatic imine (C=N–C) groups is 1. The third-order valence-corrected chi connectivity index (χ3v) is 5.52. The molecule has 122 valence electrons. The monoisotopic (exact) mass is 395 g/mol. The Labute approximate surface area is 147 Å². The van der Waals surface area contributed by atoms with Crippen LogP contribution in [0.15, 0.2) is 33.7 Å². The Morgan fingerprint density at radius 2 is 2.00 bits per heavy atom. The van der Waals surface area contributed by atoms with Gasteiger partial charge in [0.05, 0.1) is 6.04 Å². The second kappa shape index (κ2) is 7.49. The first-order valence-corrected chi connectivity index (χ1v) is 9.38. The van der Waals surface area contributed by atoms with E-state index >= 15 is 0 Å². The first-order chi connectivity index (χ1) is 11.1. The van der Waals surface area contributed by atoms with Gasteiger partial charge in [-0.05, 0) is 37.1 Å². The van der Waals surface area contributed by atoms with Gasteiger partial charge in [0, 0.05) is 16.6 Å². The number of carbonyl (C=O) groups excluding carboxylic acids is 2. The van der Waals surface area contributed by atoms with Gasteiger partial charge in [-0.25, -0.2) is 0 Å². The molecule has 2 amide bonds. The minimum Gasteiger partial charge on any atom is -0.326 e. The number of benzene rings is 1. The van der Waals surface area contributed by atoms with Crippen molar-refractivity contribution in [3.8, 4) is 0 Å². The fourth-order valence-electron chi connectivity index (χ4n) is 2.71. The van der Waals surface area contributed by atoms with E-state index < -0.39 is 5.25 Å². The molecule has 0 unspecified atom stereocenters. The van der Waals surface area contributed by atoms with Crippen LogP contribution in [0.4, 0.5) is 5.69 Å². The van der Waals surface area contributed by atoms with Crippen LogP contribution < -0.4 is 10.6 Å². The number of halogens is 1. The molecule has 1 aliphatic heterocycles. The number of nitrogens with one attached hydrogen (secondary N) is 2. The van der Waals surface area contributed by atoms with Crippen LogP contribution in [0.25, 0.3) is 0 Å². The highest BCUT2D eigenvalue weighted by Gasteiger charge is 2.32. The largest absolute Gasteiger partial charge is 0.326 e. The van der Waals surface area contributed by atoms with Crippen molar-refractivity contribution >= 4 is 50.4 Å². The zero-order valence-electron chi connectivity index (χ0n) is 12.5. The molecular weight excluding hydrogens is 378 g/mol. The molecule has 7 heteroatoms. The van der Waals surface area contributed by atoms with Crippen molar-refractivity contribution in [2.45, 2.75) is 43.4 Å². The molecular formula is C16H18BrN3O2S. The molecule has 5 nitrogen and oxygen atoms in total. The molecule has 0 spiro atoms. The molecule has 2 aliphatic rings. The first-order valence-electron chi connectivity index (χ1n) is 7.71. The summed E-state index contributed by atoms with van der Waals surface area (Å²) in [7, 11) is 0. The van der Waals surface area contributed by atoms with Crippen LogP contribution in [0, 0.1) is 0 Å². The summed E-state index contributed by atoms with van der Waals surface area (Å²) < 4.78 is 0.953. The van der Waals surface area contributed by atoms with Crippen LogP contribution in [0.2, 0.25) is 0 Å². The van der Waals surface area contributed by atoms with Crippen LogP contribution in [-0.4, -0.2) is 28.3 Å². The number of carbonyl (C=O) groups is 2. The van der Waals surface area contributed by atoms with Gasteiger partial charge < -0.3 is 10.6 Å². The minimum atomic E-state index is -0.398. The highest BCUT2D eigenvalue weighted by molar-refractivity contribution is 9.10. The Morgan fingerprint density at radius 3 is 2.70 bits per heavy atom. The van der Waals surface area contributed by atoms with Crippen molar-refractivity contribution in [2.24, 2.45) is 4.99 Å². The lowest BCUT2D eigenvalue weighted by Gasteiger charge is -2.07. The van der Waals surface area contributed by atoms with Gasteiger partial charge >= 0.3 is 0 Å². The van der Waals surface area contributed by atoms with Gasteiger partial charge in [-0.1, -0.05) is 40.5 Å². The smallest absolute Gasteiger partial charge is 0.240 e. The molecule has 1 heterocycles. The fraction of sp³-hybridized carbons (Fsp3) is 0.438. The Morgan fingerprint density at radius 1 is 1.30 bits per heavy atom. The Kier molecular flexibility index (Phi) is 5.38. The second-order valence-corrected chi connectivity index (χ2v) is 7.83. The van der Waals surface area contributed by atoms with Gasteiger partial charge in [-0.2, -0.15) is 0 Å². The normalized spacial score (nSPS) is 23.3. The summed E-state index contributed by atoms with van der Waals surface area (Å²) in [5, 5.41) is 5.88. The second-order valence-electron chi connectivity index (χ2n) is 5.73. The van der Waals surface area contributed by atoms with E-state index in [1.54, 1.807) is 0 Å². The number of anilines is 1. The van der Waals surface area contributed by atoms with Crippen LogP contribution in [0.1, 0.15) is 32.1 Å². The van der Waals surface area contributed by atoms with E-state index in [0.29, 0.717) is 11.2 Å². The SMILES string of the molecule is O=C(C[C@H]1SC(=NC2CCCC2)NC1=O)Nc1ccc(Br)cc1.